The Morgan fingerprint density at radius 2 is 1.96 bits per heavy atom. The number of carbonyl (C=O) groups excluding carboxylic acids is 1. The van der Waals surface area contributed by atoms with E-state index in [9.17, 15) is 13.2 Å². The van der Waals surface area contributed by atoms with Crippen LogP contribution in [0.3, 0.4) is 0 Å². The largest absolute Gasteiger partial charge is 0.491 e. The second kappa shape index (κ2) is 8.64. The quantitative estimate of drug-likeness (QED) is 0.674. The Labute approximate surface area is 149 Å². The van der Waals surface area contributed by atoms with Crippen molar-refractivity contribution in [3.63, 3.8) is 0 Å². The number of carbonyl (C=O) groups is 1. The van der Waals surface area contributed by atoms with Crippen LogP contribution in [0.2, 0.25) is 0 Å². The smallest absolute Gasteiger partial charge is 0.253 e. The fourth-order valence-electron chi connectivity index (χ4n) is 2.85. The molecule has 7 nitrogen and oxygen atoms in total. The second-order valence-electron chi connectivity index (χ2n) is 6.17. The van der Waals surface area contributed by atoms with E-state index in [0.29, 0.717) is 50.5 Å². The van der Waals surface area contributed by atoms with Gasteiger partial charge in [-0.2, -0.15) is 0 Å². The average Bonchev–Trinajstić information content (AvgIpc) is 2.60. The molecule has 25 heavy (non-hydrogen) atoms. The third-order valence-corrected chi connectivity index (χ3v) is 5.77. The van der Waals surface area contributed by atoms with E-state index in [-0.39, 0.29) is 11.9 Å². The highest BCUT2D eigenvalue weighted by Crippen LogP contribution is 2.21. The van der Waals surface area contributed by atoms with Gasteiger partial charge in [-0.25, -0.2) is 12.7 Å². The SMILES string of the molecule is COCCOc1cccc(C(=O)N2CCC(N(C)S(C)(=O)=O)CC2)c1. The Hall–Kier alpha value is -1.64. The van der Waals surface area contributed by atoms with E-state index in [0.717, 1.165) is 0 Å². The van der Waals surface area contributed by atoms with E-state index in [2.05, 4.69) is 0 Å². The summed E-state index contributed by atoms with van der Waals surface area (Å²) in [5, 5.41) is 0. The van der Waals surface area contributed by atoms with Crippen LogP contribution in [0, 0.1) is 0 Å². The first-order valence-electron chi connectivity index (χ1n) is 8.27. The molecule has 1 heterocycles. The first kappa shape index (κ1) is 19.7. The van der Waals surface area contributed by atoms with Crippen LogP contribution in [0.4, 0.5) is 0 Å². The lowest BCUT2D eigenvalue weighted by Crippen LogP contribution is -2.47. The Morgan fingerprint density at radius 3 is 2.56 bits per heavy atom. The van der Waals surface area contributed by atoms with Crippen LogP contribution in [0.25, 0.3) is 0 Å². The summed E-state index contributed by atoms with van der Waals surface area (Å²) in [7, 11) is -0.00513. The van der Waals surface area contributed by atoms with Gasteiger partial charge >= 0.3 is 0 Å². The van der Waals surface area contributed by atoms with Crippen molar-refractivity contribution in [1.29, 1.82) is 0 Å². The van der Waals surface area contributed by atoms with Crippen molar-refractivity contribution in [2.24, 2.45) is 0 Å². The first-order chi connectivity index (χ1) is 11.8. The average molecular weight is 370 g/mol. The number of amides is 1. The molecule has 1 saturated heterocycles. The summed E-state index contributed by atoms with van der Waals surface area (Å²) in [6, 6.07) is 7.04. The molecule has 0 bridgehead atoms. The van der Waals surface area contributed by atoms with E-state index < -0.39 is 10.0 Å². The topological polar surface area (TPSA) is 76.2 Å². The summed E-state index contributed by atoms with van der Waals surface area (Å²) >= 11 is 0. The summed E-state index contributed by atoms with van der Waals surface area (Å²) in [6.07, 6.45) is 2.48. The summed E-state index contributed by atoms with van der Waals surface area (Å²) in [4.78, 5) is 14.4. The summed E-state index contributed by atoms with van der Waals surface area (Å²) in [5.41, 5.74) is 0.574. The van der Waals surface area contributed by atoms with Crippen LogP contribution in [0.5, 0.6) is 5.75 Å². The minimum atomic E-state index is -3.21. The van der Waals surface area contributed by atoms with Gasteiger partial charge in [0, 0.05) is 38.9 Å². The number of ether oxygens (including phenoxy) is 2. The van der Waals surface area contributed by atoms with E-state index in [1.54, 1.807) is 43.3 Å². The maximum absolute atomic E-state index is 12.7. The highest BCUT2D eigenvalue weighted by Gasteiger charge is 2.29. The summed E-state index contributed by atoms with van der Waals surface area (Å²) in [5.74, 6) is 0.576. The van der Waals surface area contributed by atoms with Crippen molar-refractivity contribution in [2.45, 2.75) is 18.9 Å². The van der Waals surface area contributed by atoms with Gasteiger partial charge in [0.15, 0.2) is 0 Å². The number of piperidine rings is 1. The number of rotatable bonds is 7. The van der Waals surface area contributed by atoms with Gasteiger partial charge < -0.3 is 14.4 Å². The molecule has 1 fully saturated rings. The van der Waals surface area contributed by atoms with Crippen LogP contribution in [-0.2, 0) is 14.8 Å². The molecule has 2 rings (SSSR count). The van der Waals surface area contributed by atoms with Crippen LogP contribution in [0.15, 0.2) is 24.3 Å². The Balaban J connectivity index is 1.95. The first-order valence-corrected chi connectivity index (χ1v) is 10.1. The van der Waals surface area contributed by atoms with Crippen LogP contribution >= 0.6 is 0 Å². The maximum atomic E-state index is 12.7. The molecule has 0 atom stereocenters. The number of hydrogen-bond acceptors (Lipinski definition) is 5. The molecule has 0 N–H and O–H groups in total. The van der Waals surface area contributed by atoms with Crippen molar-refractivity contribution >= 4 is 15.9 Å². The molecular weight excluding hydrogens is 344 g/mol. The summed E-state index contributed by atoms with van der Waals surface area (Å²) < 4.78 is 35.2. The Kier molecular flexibility index (Phi) is 6.80. The molecule has 0 unspecified atom stereocenters. The Bertz CT molecular complexity index is 684. The van der Waals surface area contributed by atoms with Gasteiger partial charge in [-0.1, -0.05) is 6.07 Å². The minimum absolute atomic E-state index is 0.0530. The monoisotopic (exact) mass is 370 g/mol. The van der Waals surface area contributed by atoms with E-state index in [1.807, 2.05) is 0 Å². The summed E-state index contributed by atoms with van der Waals surface area (Å²) in [6.45, 7) is 1.99. The zero-order chi connectivity index (χ0) is 18.4. The lowest BCUT2D eigenvalue weighted by molar-refractivity contribution is 0.0685. The van der Waals surface area contributed by atoms with Gasteiger partial charge in [0.05, 0.1) is 12.9 Å². The molecule has 0 saturated carbocycles. The van der Waals surface area contributed by atoms with E-state index in [1.165, 1.54) is 10.6 Å². The lowest BCUT2D eigenvalue weighted by atomic mass is 10.0. The molecule has 0 spiro atoms. The number of sulfonamides is 1. The molecule has 1 amide bonds. The zero-order valence-electron chi connectivity index (χ0n) is 15.0. The fraction of sp³-hybridized carbons (Fsp3) is 0.588. The second-order valence-corrected chi connectivity index (χ2v) is 8.21. The van der Waals surface area contributed by atoms with Crippen molar-refractivity contribution in [3.8, 4) is 5.75 Å². The normalized spacial score (nSPS) is 16.2. The number of likely N-dealkylation sites (tertiary alicyclic amines) is 1. The number of methoxy groups -OCH3 is 1. The van der Waals surface area contributed by atoms with Gasteiger partial charge in [-0.05, 0) is 31.0 Å². The van der Waals surface area contributed by atoms with E-state index >= 15 is 0 Å². The van der Waals surface area contributed by atoms with Crippen molar-refractivity contribution in [3.05, 3.63) is 29.8 Å². The van der Waals surface area contributed by atoms with Crippen molar-refractivity contribution in [1.82, 2.24) is 9.21 Å². The fourth-order valence-corrected chi connectivity index (χ4v) is 3.60. The molecule has 1 aromatic rings. The molecule has 8 heteroatoms. The highest BCUT2D eigenvalue weighted by atomic mass is 32.2. The minimum Gasteiger partial charge on any atom is -0.491 e. The van der Waals surface area contributed by atoms with Crippen molar-refractivity contribution < 1.29 is 22.7 Å². The van der Waals surface area contributed by atoms with E-state index in [4.69, 9.17) is 9.47 Å². The number of nitrogens with zero attached hydrogens (tertiary/aromatic N) is 2. The molecule has 1 aliphatic rings. The molecule has 1 aromatic carbocycles. The number of hydrogen-bond donors (Lipinski definition) is 0. The third-order valence-electron chi connectivity index (χ3n) is 4.43. The van der Waals surface area contributed by atoms with Gasteiger partial charge in [0.2, 0.25) is 10.0 Å². The van der Waals surface area contributed by atoms with Crippen LogP contribution in [-0.4, -0.2) is 76.3 Å². The van der Waals surface area contributed by atoms with Gasteiger partial charge in [0.1, 0.15) is 12.4 Å². The molecule has 0 aliphatic carbocycles. The molecule has 0 radical (unpaired) electrons. The maximum Gasteiger partial charge on any atom is 0.253 e. The third kappa shape index (κ3) is 5.42. The number of benzene rings is 1. The van der Waals surface area contributed by atoms with Gasteiger partial charge in [-0.15, -0.1) is 0 Å². The van der Waals surface area contributed by atoms with Crippen LogP contribution in [0.1, 0.15) is 23.2 Å². The standard InChI is InChI=1S/C17H26N2O5S/c1-18(25(3,21)22)15-7-9-19(10-8-15)17(20)14-5-4-6-16(13-14)24-12-11-23-2/h4-6,13,15H,7-12H2,1-3H3. The predicted octanol–water partition coefficient (Wildman–Crippen LogP) is 1.21. The van der Waals surface area contributed by atoms with Gasteiger partial charge in [-0.3, -0.25) is 4.79 Å². The highest BCUT2D eigenvalue weighted by molar-refractivity contribution is 7.88. The zero-order valence-corrected chi connectivity index (χ0v) is 15.8. The van der Waals surface area contributed by atoms with Crippen LogP contribution < -0.4 is 4.74 Å². The molecule has 140 valence electrons. The Morgan fingerprint density at radius 1 is 1.28 bits per heavy atom. The van der Waals surface area contributed by atoms with Gasteiger partial charge in [0.25, 0.3) is 5.91 Å². The van der Waals surface area contributed by atoms with Crippen molar-refractivity contribution in [2.75, 3.05) is 46.7 Å². The molecule has 0 aromatic heterocycles. The molecule has 1 aliphatic heterocycles. The predicted molar refractivity (Wildman–Crippen MR) is 95.3 cm³/mol. The lowest BCUT2D eigenvalue weighted by Gasteiger charge is -2.35. The molecular formula is C17H26N2O5S.